The number of hydrogen-bond donors (Lipinski definition) is 5. The van der Waals surface area contributed by atoms with Gasteiger partial charge in [0, 0.05) is 5.92 Å². The molecule has 0 saturated carbocycles. The average molecular weight is 1120 g/mol. The lowest BCUT2D eigenvalue weighted by Gasteiger charge is -2.29. The maximum absolute atomic E-state index is 14.4. The van der Waals surface area contributed by atoms with Crippen LogP contribution in [0.1, 0.15) is 189 Å². The second-order valence-electron chi connectivity index (χ2n) is 23.7. The van der Waals surface area contributed by atoms with Crippen LogP contribution in [0.5, 0.6) is 0 Å². The fourth-order valence-electron chi connectivity index (χ4n) is 9.78. The Morgan fingerprint density at radius 1 is 0.531 bits per heavy atom. The van der Waals surface area contributed by atoms with Crippen LogP contribution < -0.4 is 26.6 Å². The van der Waals surface area contributed by atoms with E-state index >= 15 is 0 Å². The molecule has 1 unspecified atom stereocenters. The largest absolute Gasteiger partial charge is 0.461 e. The van der Waals surface area contributed by atoms with Gasteiger partial charge in [0.1, 0.15) is 55.1 Å². The van der Waals surface area contributed by atoms with Gasteiger partial charge in [-0.25, -0.2) is 9.59 Å². The van der Waals surface area contributed by atoms with Gasteiger partial charge in [-0.3, -0.25) is 28.8 Å². The van der Waals surface area contributed by atoms with E-state index in [1.807, 2.05) is 107 Å². The molecule has 0 fully saturated rings. The van der Waals surface area contributed by atoms with E-state index in [1.54, 1.807) is 34.6 Å². The SMILES string of the molecule is CCCCCCCCCCCC(CC(=O)OCc1ccccc1)OC(=O)[C@H](C)NC(=O)[C@@H](CC(C)C)NC(=O)[C@H](CC(=O)OC(C)(C)C)NC(=O)[C@@H](NC(=O)[C@@H](CC(C)C)NC(=O)OCC1c2ccccc2-c2ccccc21)C(C)C. The third-order valence-electron chi connectivity index (χ3n) is 13.9. The van der Waals surface area contributed by atoms with E-state index in [1.165, 1.54) is 32.6 Å². The molecule has 4 rings (SSSR count). The fraction of sp³-hybridized carbons (Fsp3) is 0.594. The Morgan fingerprint density at radius 3 is 1.59 bits per heavy atom. The number of benzene rings is 3. The maximum atomic E-state index is 14.4. The predicted molar refractivity (Wildman–Crippen MR) is 312 cm³/mol. The molecule has 0 bridgehead atoms. The van der Waals surface area contributed by atoms with Crippen molar-refractivity contribution in [3.05, 3.63) is 95.6 Å². The van der Waals surface area contributed by atoms with Gasteiger partial charge in [0.05, 0.1) is 12.8 Å². The van der Waals surface area contributed by atoms with E-state index in [2.05, 4.69) is 33.5 Å². The molecule has 0 aromatic heterocycles. The lowest BCUT2D eigenvalue weighted by atomic mass is 9.98. The van der Waals surface area contributed by atoms with Crippen LogP contribution in [0.4, 0.5) is 4.79 Å². The van der Waals surface area contributed by atoms with E-state index in [4.69, 9.17) is 18.9 Å². The minimum atomic E-state index is -1.59. The summed E-state index contributed by atoms with van der Waals surface area (Å²) in [5, 5.41) is 13.5. The smallest absolute Gasteiger partial charge is 0.407 e. The third-order valence-corrected chi connectivity index (χ3v) is 13.9. The number of esters is 3. The minimum Gasteiger partial charge on any atom is -0.461 e. The number of ether oxygens (including phenoxy) is 4. The second kappa shape index (κ2) is 33.8. The highest BCUT2D eigenvalue weighted by atomic mass is 16.6. The first-order valence-corrected chi connectivity index (χ1v) is 29.4. The van der Waals surface area contributed by atoms with Gasteiger partial charge < -0.3 is 45.5 Å². The molecule has 1 aliphatic carbocycles. The summed E-state index contributed by atoms with van der Waals surface area (Å²) in [6, 6.07) is 18.7. The van der Waals surface area contributed by atoms with Crippen molar-refractivity contribution in [2.75, 3.05) is 6.61 Å². The summed E-state index contributed by atoms with van der Waals surface area (Å²) in [6.07, 6.45) is 8.00. The highest BCUT2D eigenvalue weighted by molar-refractivity contribution is 5.97. The van der Waals surface area contributed by atoms with Crippen molar-refractivity contribution in [1.29, 1.82) is 0 Å². The van der Waals surface area contributed by atoms with Crippen LogP contribution in [0.2, 0.25) is 0 Å². The van der Waals surface area contributed by atoms with Crippen molar-refractivity contribution in [2.45, 2.75) is 220 Å². The van der Waals surface area contributed by atoms with Gasteiger partial charge in [-0.2, -0.15) is 0 Å². The number of carbonyl (C=O) groups excluding carboxylic acids is 8. The van der Waals surface area contributed by atoms with Gasteiger partial charge in [0.2, 0.25) is 23.6 Å². The van der Waals surface area contributed by atoms with Crippen LogP contribution in [-0.4, -0.2) is 96.2 Å². The Labute approximate surface area is 481 Å². The Hall–Kier alpha value is -6.78. The normalized spacial score (nSPS) is 14.3. The predicted octanol–water partition coefficient (Wildman–Crippen LogP) is 10.3. The van der Waals surface area contributed by atoms with E-state index in [0.29, 0.717) is 12.8 Å². The molecule has 3 aromatic rings. The summed E-state index contributed by atoms with van der Waals surface area (Å²) in [5.41, 5.74) is 4.04. The number of amides is 5. The second-order valence-corrected chi connectivity index (χ2v) is 23.7. The van der Waals surface area contributed by atoms with E-state index < -0.39 is 102 Å². The standard InChI is InChI=1S/C64H93N5O12/c1-12-13-14-15-16-17-18-19-23-30-46(37-55(70)78-39-45-28-21-20-22-29-45)80-62(76)44(8)65-58(72)52(35-41(2)3)66-59(73)54(38-56(71)81-64(9,10)11)67-61(75)57(43(6)7)69-60(74)53(36-42(4)5)68-63(77)79-40-51-49-33-26-24-31-47(49)48-32-25-27-34-50(48)51/h20-22,24-29,31-34,41-44,46,51-54,57H,12-19,23,30,35-40H2,1-11H3,(H,65,72)(H,66,73)(H,67,75)(H,68,77)(H,69,74)/t44-,46?,52+,53+,54-,57-/m0/s1. The average Bonchev–Trinajstić information content (AvgIpc) is 3.72. The van der Waals surface area contributed by atoms with E-state index in [9.17, 15) is 38.4 Å². The molecular weight excluding hydrogens is 1030 g/mol. The zero-order chi connectivity index (χ0) is 59.6. The molecule has 1 aliphatic rings. The number of alkyl carbamates (subject to hydrolysis) is 1. The van der Waals surface area contributed by atoms with E-state index in [-0.39, 0.29) is 50.2 Å². The van der Waals surface area contributed by atoms with Crippen LogP contribution in [0, 0.1) is 17.8 Å². The number of carbonyl (C=O) groups is 8. The Balaban J connectivity index is 1.44. The molecule has 17 heteroatoms. The summed E-state index contributed by atoms with van der Waals surface area (Å²) in [5.74, 6) is -6.24. The molecule has 446 valence electrons. The first kappa shape index (κ1) is 66.7. The molecule has 0 saturated heterocycles. The van der Waals surface area contributed by atoms with Crippen molar-refractivity contribution in [3.8, 4) is 11.1 Å². The van der Waals surface area contributed by atoms with Crippen LogP contribution in [0.3, 0.4) is 0 Å². The molecule has 5 N–H and O–H groups in total. The van der Waals surface area contributed by atoms with Crippen molar-refractivity contribution in [3.63, 3.8) is 0 Å². The van der Waals surface area contributed by atoms with Gasteiger partial charge in [0.25, 0.3) is 0 Å². The van der Waals surface area contributed by atoms with Gasteiger partial charge in [0.15, 0.2) is 0 Å². The Morgan fingerprint density at radius 2 is 1.04 bits per heavy atom. The van der Waals surface area contributed by atoms with Crippen LogP contribution in [0.25, 0.3) is 11.1 Å². The van der Waals surface area contributed by atoms with Gasteiger partial charge in [-0.1, -0.05) is 179 Å². The lowest BCUT2D eigenvalue weighted by Crippen LogP contribution is -2.60. The molecule has 5 amide bonds. The van der Waals surface area contributed by atoms with Gasteiger partial charge >= 0.3 is 24.0 Å². The summed E-state index contributed by atoms with van der Waals surface area (Å²) < 4.78 is 22.8. The fourth-order valence-corrected chi connectivity index (χ4v) is 9.78. The zero-order valence-corrected chi connectivity index (χ0v) is 50.0. The molecule has 0 radical (unpaired) electrons. The topological polar surface area (TPSA) is 234 Å². The van der Waals surface area contributed by atoms with Gasteiger partial charge in [-0.05, 0) is 98.9 Å². The summed E-state index contributed by atoms with van der Waals surface area (Å²) in [6.45, 7) is 19.5. The van der Waals surface area contributed by atoms with Crippen molar-refractivity contribution < 1.29 is 57.3 Å². The highest BCUT2D eigenvalue weighted by Crippen LogP contribution is 2.44. The Bertz CT molecular complexity index is 2460. The van der Waals surface area contributed by atoms with Gasteiger partial charge in [-0.15, -0.1) is 0 Å². The third kappa shape index (κ3) is 23.7. The molecule has 6 atom stereocenters. The number of fused-ring (bicyclic) bond motifs is 3. The summed E-state index contributed by atoms with van der Waals surface area (Å²) in [7, 11) is 0. The number of rotatable bonds is 34. The number of hydrogen-bond acceptors (Lipinski definition) is 12. The first-order valence-electron chi connectivity index (χ1n) is 29.4. The summed E-state index contributed by atoms with van der Waals surface area (Å²) in [4.78, 5) is 111. The molecule has 3 aromatic carbocycles. The van der Waals surface area contributed by atoms with Crippen molar-refractivity contribution in [2.24, 2.45) is 17.8 Å². The molecule has 17 nitrogen and oxygen atoms in total. The van der Waals surface area contributed by atoms with Crippen LogP contribution in [0.15, 0.2) is 78.9 Å². The van der Waals surface area contributed by atoms with Crippen LogP contribution in [-0.2, 0) is 59.1 Å². The minimum absolute atomic E-state index is 0.0225. The Kier molecular flexibility index (Phi) is 27.9. The highest BCUT2D eigenvalue weighted by Gasteiger charge is 2.37. The summed E-state index contributed by atoms with van der Waals surface area (Å²) >= 11 is 0. The van der Waals surface area contributed by atoms with Crippen molar-refractivity contribution in [1.82, 2.24) is 26.6 Å². The molecular formula is C64H93N5O12. The zero-order valence-electron chi connectivity index (χ0n) is 50.0. The number of nitrogens with one attached hydrogen (secondary N) is 5. The monoisotopic (exact) mass is 1120 g/mol. The first-order chi connectivity index (χ1) is 38.5. The van der Waals surface area contributed by atoms with E-state index in [0.717, 1.165) is 53.5 Å². The van der Waals surface area contributed by atoms with Crippen molar-refractivity contribution >= 4 is 47.6 Å². The quantitative estimate of drug-likeness (QED) is 0.0214. The lowest BCUT2D eigenvalue weighted by molar-refractivity contribution is -0.159. The molecule has 0 aliphatic heterocycles. The maximum Gasteiger partial charge on any atom is 0.407 e. The molecule has 81 heavy (non-hydrogen) atoms. The number of unbranched alkanes of at least 4 members (excludes halogenated alkanes) is 8. The molecule has 0 spiro atoms. The van der Waals surface area contributed by atoms with Crippen LogP contribution >= 0.6 is 0 Å². The molecule has 0 heterocycles.